The van der Waals surface area contributed by atoms with Gasteiger partial charge in [0.15, 0.2) is 23.0 Å². The van der Waals surface area contributed by atoms with Crippen LogP contribution in [-0.2, 0) is 39.1 Å². The largest absolute Gasteiger partial charge is 0.493 e. The number of hydrogen-bond acceptors (Lipinski definition) is 6. The Morgan fingerprint density at radius 1 is 0.630 bits per heavy atom. The van der Waals surface area contributed by atoms with Crippen molar-refractivity contribution in [2.75, 3.05) is 20.2 Å². The zero-order valence-corrected chi connectivity index (χ0v) is 33.3. The number of rotatable bonds is 20. The molecule has 0 heterocycles. The van der Waals surface area contributed by atoms with E-state index in [1.807, 2.05) is 36.4 Å². The van der Waals surface area contributed by atoms with Crippen molar-refractivity contribution in [1.29, 1.82) is 0 Å². The van der Waals surface area contributed by atoms with Gasteiger partial charge in [-0.1, -0.05) is 129 Å². The van der Waals surface area contributed by atoms with Crippen LogP contribution in [0.3, 0.4) is 0 Å². The SMILES string of the molecule is CCCCCCN(NCCc1ccc(OC)c(OCc2ccccc2)c1)C1CCc2c(ccc(OCc3ccccc3)c2OCc2ccccc2)C1.Cl.Cl. The van der Waals surface area contributed by atoms with Gasteiger partial charge in [0.05, 0.1) is 7.11 Å². The van der Waals surface area contributed by atoms with E-state index in [0.717, 1.165) is 78.5 Å². The lowest BCUT2D eigenvalue weighted by Crippen LogP contribution is -2.49. The molecule has 288 valence electrons. The summed E-state index contributed by atoms with van der Waals surface area (Å²) in [5.41, 5.74) is 11.1. The Bertz CT molecular complexity index is 1790. The number of unbranched alkanes of at least 4 members (excludes halogenated alkanes) is 3. The summed E-state index contributed by atoms with van der Waals surface area (Å²) in [6.07, 6.45) is 8.79. The molecule has 8 heteroatoms. The summed E-state index contributed by atoms with van der Waals surface area (Å²) in [6, 6.07) is 42.1. The zero-order valence-electron chi connectivity index (χ0n) is 31.7. The Balaban J connectivity index is 0.00000325. The van der Waals surface area contributed by atoms with Gasteiger partial charge in [0.25, 0.3) is 0 Å². The summed E-state index contributed by atoms with van der Waals surface area (Å²) in [5.74, 6) is 3.24. The molecule has 0 saturated carbocycles. The molecular weight excluding hydrogens is 715 g/mol. The van der Waals surface area contributed by atoms with E-state index < -0.39 is 0 Å². The van der Waals surface area contributed by atoms with E-state index in [2.05, 4.69) is 102 Å². The van der Waals surface area contributed by atoms with Crippen molar-refractivity contribution in [2.45, 2.75) is 84.2 Å². The molecule has 0 aromatic heterocycles. The summed E-state index contributed by atoms with van der Waals surface area (Å²) in [6.45, 7) is 5.68. The molecule has 6 nitrogen and oxygen atoms in total. The number of hydrogen-bond donors (Lipinski definition) is 1. The molecule has 1 aliphatic rings. The minimum atomic E-state index is 0. The van der Waals surface area contributed by atoms with Gasteiger partial charge in [-0.05, 0) is 78.1 Å². The van der Waals surface area contributed by atoms with Gasteiger partial charge in [-0.3, -0.25) is 5.43 Å². The van der Waals surface area contributed by atoms with Crippen molar-refractivity contribution in [2.24, 2.45) is 0 Å². The highest BCUT2D eigenvalue weighted by molar-refractivity contribution is 5.85. The normalized spacial score (nSPS) is 13.3. The Morgan fingerprint density at radius 2 is 1.22 bits per heavy atom. The lowest BCUT2D eigenvalue weighted by Gasteiger charge is -2.36. The predicted octanol–water partition coefficient (Wildman–Crippen LogP) is 10.8. The monoisotopic (exact) mass is 770 g/mol. The molecule has 1 aliphatic carbocycles. The molecular formula is C46H56Cl2N2O4. The van der Waals surface area contributed by atoms with Crippen LogP contribution in [0.25, 0.3) is 0 Å². The van der Waals surface area contributed by atoms with Gasteiger partial charge in [0.2, 0.25) is 0 Å². The molecule has 54 heavy (non-hydrogen) atoms. The molecule has 1 unspecified atom stereocenters. The fourth-order valence-electron chi connectivity index (χ4n) is 6.95. The molecule has 5 aromatic carbocycles. The van der Waals surface area contributed by atoms with Gasteiger partial charge >= 0.3 is 0 Å². The highest BCUT2D eigenvalue weighted by Gasteiger charge is 2.28. The first-order chi connectivity index (χ1) is 25.7. The van der Waals surface area contributed by atoms with Gasteiger partial charge in [0.1, 0.15) is 19.8 Å². The van der Waals surface area contributed by atoms with Gasteiger partial charge < -0.3 is 18.9 Å². The summed E-state index contributed by atoms with van der Waals surface area (Å²) < 4.78 is 24.9. The van der Waals surface area contributed by atoms with Gasteiger partial charge in [0, 0.05) is 24.7 Å². The van der Waals surface area contributed by atoms with E-state index in [-0.39, 0.29) is 24.8 Å². The number of fused-ring (bicyclic) bond motifs is 1. The Hall–Kier alpha value is -4.20. The number of hydrazine groups is 1. The summed E-state index contributed by atoms with van der Waals surface area (Å²) in [4.78, 5) is 0. The molecule has 0 fully saturated rings. The standard InChI is InChI=1S/C46H54N2O4.2ClH/c1-3-4-5-15-30-48(47-29-28-36-22-26-43(49-2)45(31-36)51-34-38-18-11-7-12-19-38)41-24-25-42-40(32-41)23-27-44(50-33-37-16-9-6-10-17-37)46(42)52-35-39-20-13-8-14-21-39;;/h6-14,16-23,26-27,31,41,47H,3-5,15,24-25,28-30,32-35H2,1-2H3;2*1H. The topological polar surface area (TPSA) is 52.2 Å². The fraction of sp³-hybridized carbons (Fsp3) is 0.348. The van der Waals surface area contributed by atoms with Crippen LogP contribution in [0.4, 0.5) is 0 Å². The zero-order chi connectivity index (χ0) is 35.8. The summed E-state index contributed by atoms with van der Waals surface area (Å²) in [7, 11) is 1.70. The molecule has 0 amide bonds. The molecule has 6 rings (SSSR count). The third-order valence-electron chi connectivity index (χ3n) is 9.85. The van der Waals surface area contributed by atoms with Crippen LogP contribution < -0.4 is 24.4 Å². The van der Waals surface area contributed by atoms with Crippen LogP contribution >= 0.6 is 24.8 Å². The van der Waals surface area contributed by atoms with Crippen LogP contribution in [0.5, 0.6) is 23.0 Å². The minimum Gasteiger partial charge on any atom is -0.493 e. The Labute approximate surface area is 335 Å². The first-order valence-electron chi connectivity index (χ1n) is 19.0. The third-order valence-corrected chi connectivity index (χ3v) is 9.85. The number of methoxy groups -OCH3 is 1. The van der Waals surface area contributed by atoms with E-state index in [1.54, 1.807) is 7.11 Å². The molecule has 5 aromatic rings. The lowest BCUT2D eigenvalue weighted by atomic mass is 9.87. The average molecular weight is 772 g/mol. The lowest BCUT2D eigenvalue weighted by molar-refractivity contribution is 0.109. The number of ether oxygens (including phenoxy) is 4. The minimum absolute atomic E-state index is 0. The molecule has 0 bridgehead atoms. The molecule has 1 N–H and O–H groups in total. The molecule has 0 aliphatic heterocycles. The second-order valence-corrected chi connectivity index (χ2v) is 13.6. The van der Waals surface area contributed by atoms with Crippen molar-refractivity contribution >= 4 is 24.8 Å². The average Bonchev–Trinajstić information content (AvgIpc) is 3.20. The van der Waals surface area contributed by atoms with Crippen molar-refractivity contribution in [3.63, 3.8) is 0 Å². The first-order valence-corrected chi connectivity index (χ1v) is 19.0. The number of halogens is 2. The van der Waals surface area contributed by atoms with Crippen molar-refractivity contribution < 1.29 is 18.9 Å². The molecule has 0 saturated heterocycles. The fourth-order valence-corrected chi connectivity index (χ4v) is 6.95. The van der Waals surface area contributed by atoms with E-state index in [0.29, 0.717) is 25.9 Å². The van der Waals surface area contributed by atoms with E-state index in [1.165, 1.54) is 42.4 Å². The molecule has 1 atom stereocenters. The van der Waals surface area contributed by atoms with Crippen LogP contribution in [0, 0.1) is 0 Å². The van der Waals surface area contributed by atoms with E-state index in [9.17, 15) is 0 Å². The van der Waals surface area contributed by atoms with Crippen molar-refractivity contribution in [3.05, 3.63) is 155 Å². The second-order valence-electron chi connectivity index (χ2n) is 13.6. The summed E-state index contributed by atoms with van der Waals surface area (Å²) >= 11 is 0. The maximum absolute atomic E-state index is 6.61. The highest BCUT2D eigenvalue weighted by Crippen LogP contribution is 2.39. The Kier molecular flexibility index (Phi) is 18.0. The maximum Gasteiger partial charge on any atom is 0.165 e. The highest BCUT2D eigenvalue weighted by atomic mass is 35.5. The number of nitrogens with zero attached hydrogens (tertiary/aromatic N) is 1. The van der Waals surface area contributed by atoms with Crippen LogP contribution in [0.2, 0.25) is 0 Å². The second kappa shape index (κ2) is 22.9. The maximum atomic E-state index is 6.61. The van der Waals surface area contributed by atoms with Crippen molar-refractivity contribution in [3.8, 4) is 23.0 Å². The quantitative estimate of drug-likeness (QED) is 0.0628. The van der Waals surface area contributed by atoms with Crippen molar-refractivity contribution in [1.82, 2.24) is 10.4 Å². The van der Waals surface area contributed by atoms with E-state index >= 15 is 0 Å². The van der Waals surface area contributed by atoms with Gasteiger partial charge in [-0.2, -0.15) is 0 Å². The van der Waals surface area contributed by atoms with E-state index in [4.69, 9.17) is 18.9 Å². The van der Waals surface area contributed by atoms with Crippen LogP contribution in [0.15, 0.2) is 121 Å². The van der Waals surface area contributed by atoms with Gasteiger partial charge in [-0.25, -0.2) is 5.01 Å². The number of nitrogens with one attached hydrogen (secondary N) is 1. The van der Waals surface area contributed by atoms with Crippen LogP contribution in [-0.4, -0.2) is 31.3 Å². The smallest absolute Gasteiger partial charge is 0.165 e. The van der Waals surface area contributed by atoms with Crippen LogP contribution in [0.1, 0.15) is 72.4 Å². The Morgan fingerprint density at radius 3 is 1.83 bits per heavy atom. The predicted molar refractivity (Wildman–Crippen MR) is 225 cm³/mol. The third kappa shape index (κ3) is 12.4. The first kappa shape index (κ1) is 42.5. The molecule has 0 spiro atoms. The van der Waals surface area contributed by atoms with Gasteiger partial charge in [-0.15, -0.1) is 24.8 Å². The summed E-state index contributed by atoms with van der Waals surface area (Å²) in [5, 5.41) is 2.53. The molecule has 0 radical (unpaired) electrons. The number of benzene rings is 5.